The Hall–Kier alpha value is -0.880. The monoisotopic (exact) mass is 340 g/mol. The van der Waals surface area contributed by atoms with Crippen molar-refractivity contribution in [1.29, 1.82) is 0 Å². The number of rotatable bonds is 0. The van der Waals surface area contributed by atoms with Crippen molar-refractivity contribution in [2.75, 3.05) is 0 Å². The predicted molar refractivity (Wildman–Crippen MR) is 90.1 cm³/mol. The van der Waals surface area contributed by atoms with Crippen molar-refractivity contribution in [2.45, 2.75) is 80.9 Å². The summed E-state index contributed by atoms with van der Waals surface area (Å²) >= 11 is 0. The number of carbonyl (C=O) groups is 1. The highest BCUT2D eigenvalue weighted by Gasteiger charge is 2.60. The second-order valence-electron chi connectivity index (χ2n) is 7.56. The van der Waals surface area contributed by atoms with Crippen molar-refractivity contribution in [1.82, 2.24) is 4.72 Å². The summed E-state index contributed by atoms with van der Waals surface area (Å²) < 4.78 is 26.8. The molecule has 130 valence electrons. The van der Waals surface area contributed by atoms with Crippen LogP contribution in [0.25, 0.3) is 0 Å². The van der Waals surface area contributed by atoms with Gasteiger partial charge >= 0.3 is 0 Å². The molecule has 0 aromatic rings. The van der Waals surface area contributed by atoms with Crippen molar-refractivity contribution in [3.05, 3.63) is 12.2 Å². The van der Waals surface area contributed by atoms with Crippen LogP contribution in [0.4, 0.5) is 0 Å². The third-order valence-electron chi connectivity index (χ3n) is 5.71. The Morgan fingerprint density at radius 1 is 1.04 bits per heavy atom. The summed E-state index contributed by atoms with van der Waals surface area (Å²) in [5.41, 5.74) is 5.07. The summed E-state index contributed by atoms with van der Waals surface area (Å²) in [6, 6.07) is 0. The molecule has 5 nitrogen and oxygen atoms in total. The van der Waals surface area contributed by atoms with Gasteiger partial charge in [0.1, 0.15) is 5.54 Å². The molecule has 6 heteroatoms. The summed E-state index contributed by atoms with van der Waals surface area (Å²) in [6.45, 7) is 0. The average Bonchev–Trinajstić information content (AvgIpc) is 3.38. The molecular weight excluding hydrogens is 312 g/mol. The fraction of sp³-hybridized carbons (Fsp3) is 0.824. The molecule has 2 saturated carbocycles. The van der Waals surface area contributed by atoms with Crippen LogP contribution in [0.15, 0.2) is 12.2 Å². The van der Waals surface area contributed by atoms with Gasteiger partial charge in [-0.15, -0.1) is 0 Å². The third kappa shape index (κ3) is 3.48. The van der Waals surface area contributed by atoms with E-state index in [1.54, 1.807) is 0 Å². The molecule has 3 rings (SSSR count). The molecule has 0 unspecified atom stereocenters. The molecule has 1 spiro atoms. The average molecular weight is 340 g/mol. The van der Waals surface area contributed by atoms with Gasteiger partial charge in [-0.05, 0) is 38.5 Å². The number of sulfonamides is 1. The Morgan fingerprint density at radius 2 is 1.70 bits per heavy atom. The summed E-state index contributed by atoms with van der Waals surface area (Å²) in [4.78, 5) is 12.4. The van der Waals surface area contributed by atoms with Gasteiger partial charge in [0.15, 0.2) is 0 Å². The molecule has 0 aromatic carbocycles. The summed E-state index contributed by atoms with van der Waals surface area (Å²) in [7, 11) is -3.61. The highest BCUT2D eigenvalue weighted by atomic mass is 32.2. The van der Waals surface area contributed by atoms with Crippen LogP contribution >= 0.6 is 0 Å². The minimum atomic E-state index is -3.61. The zero-order valence-electron chi connectivity index (χ0n) is 13.7. The molecule has 0 saturated heterocycles. The number of hydrogen-bond acceptors (Lipinski definition) is 4. The Morgan fingerprint density at radius 3 is 2.39 bits per heavy atom. The number of hydrogen-bond donors (Lipinski definition) is 2. The highest BCUT2D eigenvalue weighted by Crippen LogP contribution is 2.48. The minimum Gasteiger partial charge on any atom is -0.317 e. The van der Waals surface area contributed by atoms with E-state index < -0.39 is 26.2 Å². The Labute approximate surface area is 139 Å². The van der Waals surface area contributed by atoms with Crippen molar-refractivity contribution in [3.63, 3.8) is 0 Å². The molecule has 2 aliphatic carbocycles. The number of amides is 1. The van der Waals surface area contributed by atoms with Gasteiger partial charge in [-0.3, -0.25) is 9.52 Å². The standard InChI is InChI=1S/C17H28N2O3S/c18-17-13-14(17)9-7-5-3-1-2-4-6-8-10-16(11-12-16)23(21,22)19-15(17)20/h7,9,14H,1-6,8,10-13,18H2,(H,19,20)/b9-7+/t14-,17-/m1/s1. The van der Waals surface area contributed by atoms with Gasteiger partial charge in [0, 0.05) is 5.92 Å². The summed E-state index contributed by atoms with van der Waals surface area (Å²) in [5, 5.41) is 0. The predicted octanol–water partition coefficient (Wildman–Crippen LogP) is 2.37. The van der Waals surface area contributed by atoms with Crippen molar-refractivity contribution >= 4 is 15.9 Å². The normalized spacial score (nSPS) is 38.3. The van der Waals surface area contributed by atoms with Crippen LogP contribution in [0, 0.1) is 5.92 Å². The molecule has 2 fully saturated rings. The van der Waals surface area contributed by atoms with E-state index in [4.69, 9.17) is 5.73 Å². The lowest BCUT2D eigenvalue weighted by molar-refractivity contribution is -0.121. The molecule has 3 N–H and O–H groups in total. The fourth-order valence-electron chi connectivity index (χ4n) is 3.60. The van der Waals surface area contributed by atoms with E-state index in [0.29, 0.717) is 25.7 Å². The van der Waals surface area contributed by atoms with Crippen LogP contribution in [-0.4, -0.2) is 24.6 Å². The first-order valence-electron chi connectivity index (χ1n) is 8.92. The first-order chi connectivity index (χ1) is 10.9. The first kappa shape index (κ1) is 17.0. The molecular formula is C17H28N2O3S. The Kier molecular flexibility index (Phi) is 4.58. The molecule has 3 aliphatic rings. The second-order valence-corrected chi connectivity index (χ2v) is 9.63. The fourth-order valence-corrected chi connectivity index (χ4v) is 5.30. The lowest BCUT2D eigenvalue weighted by Gasteiger charge is -2.19. The number of fused-ring (bicyclic) bond motifs is 1. The van der Waals surface area contributed by atoms with E-state index in [-0.39, 0.29) is 5.92 Å². The largest absolute Gasteiger partial charge is 0.317 e. The van der Waals surface area contributed by atoms with Gasteiger partial charge in [0.2, 0.25) is 10.0 Å². The van der Waals surface area contributed by atoms with Gasteiger partial charge in [0.25, 0.3) is 5.91 Å². The van der Waals surface area contributed by atoms with Crippen molar-refractivity contribution < 1.29 is 13.2 Å². The van der Waals surface area contributed by atoms with E-state index >= 15 is 0 Å². The molecule has 0 aromatic heterocycles. The Balaban J connectivity index is 1.71. The topological polar surface area (TPSA) is 89.3 Å². The lowest BCUT2D eigenvalue weighted by atomic mass is 10.1. The molecule has 1 heterocycles. The van der Waals surface area contributed by atoms with E-state index in [1.807, 2.05) is 6.08 Å². The van der Waals surface area contributed by atoms with E-state index in [2.05, 4.69) is 10.8 Å². The number of nitrogens with one attached hydrogen (secondary N) is 1. The van der Waals surface area contributed by atoms with Gasteiger partial charge in [0.05, 0.1) is 4.75 Å². The van der Waals surface area contributed by atoms with Crippen molar-refractivity contribution in [2.24, 2.45) is 11.7 Å². The van der Waals surface area contributed by atoms with E-state index in [9.17, 15) is 13.2 Å². The van der Waals surface area contributed by atoms with Crippen LogP contribution in [0.3, 0.4) is 0 Å². The summed E-state index contributed by atoms with van der Waals surface area (Å²) in [5.74, 6) is -0.550. The zero-order chi connectivity index (χ0) is 16.6. The lowest BCUT2D eigenvalue weighted by Crippen LogP contribution is -2.49. The minimum absolute atomic E-state index is 0.0271. The SMILES string of the molecule is N[C@]12C[C@H]1/C=C/CCCCCCCCC1(CC1)S(=O)(=O)NC2=O. The van der Waals surface area contributed by atoms with Crippen LogP contribution in [0.5, 0.6) is 0 Å². The zero-order valence-corrected chi connectivity index (χ0v) is 14.5. The van der Waals surface area contributed by atoms with Gasteiger partial charge in [-0.1, -0.05) is 44.3 Å². The second kappa shape index (κ2) is 6.20. The van der Waals surface area contributed by atoms with E-state index in [1.165, 1.54) is 25.7 Å². The van der Waals surface area contributed by atoms with Crippen LogP contribution < -0.4 is 10.5 Å². The maximum absolute atomic E-state index is 12.6. The quantitative estimate of drug-likeness (QED) is 0.663. The molecule has 0 bridgehead atoms. The van der Waals surface area contributed by atoms with Crippen LogP contribution in [0.1, 0.15) is 70.6 Å². The Bertz CT molecular complexity index is 595. The maximum Gasteiger partial charge on any atom is 0.254 e. The summed E-state index contributed by atoms with van der Waals surface area (Å²) in [6.07, 6.45) is 14.4. The van der Waals surface area contributed by atoms with Crippen LogP contribution in [-0.2, 0) is 14.8 Å². The molecule has 1 aliphatic heterocycles. The van der Waals surface area contributed by atoms with E-state index in [0.717, 1.165) is 19.3 Å². The molecule has 1 amide bonds. The van der Waals surface area contributed by atoms with Crippen molar-refractivity contribution in [3.8, 4) is 0 Å². The smallest absolute Gasteiger partial charge is 0.254 e. The molecule has 0 radical (unpaired) electrons. The molecule has 2 atom stereocenters. The maximum atomic E-state index is 12.6. The number of carbonyl (C=O) groups excluding carboxylic acids is 1. The number of nitrogens with two attached hydrogens (primary N) is 1. The van der Waals surface area contributed by atoms with Crippen LogP contribution in [0.2, 0.25) is 0 Å². The van der Waals surface area contributed by atoms with Gasteiger partial charge in [-0.25, -0.2) is 8.42 Å². The number of allylic oxidation sites excluding steroid dienone is 1. The van der Waals surface area contributed by atoms with Gasteiger partial charge < -0.3 is 5.73 Å². The van der Waals surface area contributed by atoms with Gasteiger partial charge in [-0.2, -0.15) is 0 Å². The third-order valence-corrected chi connectivity index (χ3v) is 7.91. The molecule has 23 heavy (non-hydrogen) atoms. The first-order valence-corrected chi connectivity index (χ1v) is 10.4. The highest BCUT2D eigenvalue weighted by molar-refractivity contribution is 7.91.